The van der Waals surface area contributed by atoms with E-state index in [2.05, 4.69) is 43.8 Å². The van der Waals surface area contributed by atoms with Gasteiger partial charge in [-0.05, 0) is 46.7 Å². The first-order valence-electron chi connectivity index (χ1n) is 4.82. The zero-order chi connectivity index (χ0) is 12.3. The molecule has 0 fully saturated rings. The Morgan fingerprint density at radius 3 is 2.62 bits per heavy atom. The van der Waals surface area contributed by atoms with Gasteiger partial charge in [0.1, 0.15) is 0 Å². The van der Waals surface area contributed by atoms with Gasteiger partial charge in [-0.25, -0.2) is 0 Å². The van der Waals surface area contributed by atoms with E-state index in [1.807, 2.05) is 32.0 Å². The molecule has 0 radical (unpaired) electrons. The van der Waals surface area contributed by atoms with E-state index >= 15 is 0 Å². The molecule has 2 nitrogen and oxygen atoms in total. The molecule has 1 amide bonds. The molecule has 16 heavy (non-hydrogen) atoms. The van der Waals surface area contributed by atoms with E-state index in [9.17, 15) is 4.79 Å². The van der Waals surface area contributed by atoms with Gasteiger partial charge in [0.05, 0.1) is 15.5 Å². The Morgan fingerprint density at radius 1 is 1.50 bits per heavy atom. The van der Waals surface area contributed by atoms with E-state index < -0.39 is 0 Å². The van der Waals surface area contributed by atoms with Crippen molar-refractivity contribution in [3.05, 3.63) is 26.8 Å². The molecule has 1 aromatic rings. The van der Waals surface area contributed by atoms with E-state index in [1.54, 1.807) is 0 Å². The fraction of sp³-hybridized carbons (Fsp3) is 0.364. The summed E-state index contributed by atoms with van der Waals surface area (Å²) in [5, 5.41) is 3.36. The van der Waals surface area contributed by atoms with E-state index in [1.165, 1.54) is 0 Å². The smallest absolute Gasteiger partial charge is 0.238 e. The minimum atomic E-state index is -0.206. The van der Waals surface area contributed by atoms with Gasteiger partial charge < -0.3 is 5.32 Å². The summed E-state index contributed by atoms with van der Waals surface area (Å²) >= 11 is 11.5. The van der Waals surface area contributed by atoms with Crippen LogP contribution < -0.4 is 5.32 Å². The van der Waals surface area contributed by atoms with Crippen molar-refractivity contribution in [2.24, 2.45) is 5.92 Å². The molecule has 0 spiro atoms. The van der Waals surface area contributed by atoms with Crippen LogP contribution in [0.25, 0.3) is 0 Å². The molecule has 0 aliphatic rings. The van der Waals surface area contributed by atoms with Crippen molar-refractivity contribution in [3.63, 3.8) is 0 Å². The van der Waals surface area contributed by atoms with Crippen LogP contribution in [0.3, 0.4) is 0 Å². The molecule has 0 heterocycles. The summed E-state index contributed by atoms with van der Waals surface area (Å²) in [6, 6.07) is 5.53. The third-order valence-corrected chi connectivity index (χ3v) is 4.48. The first-order chi connectivity index (χ1) is 7.41. The molecule has 88 valence electrons. The largest absolute Gasteiger partial charge is 0.324 e. The summed E-state index contributed by atoms with van der Waals surface area (Å²) in [6.45, 7) is 3.96. The van der Waals surface area contributed by atoms with Gasteiger partial charge in [-0.1, -0.05) is 41.4 Å². The first-order valence-corrected chi connectivity index (χ1v) is 7.19. The van der Waals surface area contributed by atoms with Crippen molar-refractivity contribution >= 4 is 61.7 Å². The first kappa shape index (κ1) is 14.3. The second-order valence-electron chi connectivity index (χ2n) is 3.76. The van der Waals surface area contributed by atoms with Gasteiger partial charge in [0.2, 0.25) is 5.91 Å². The summed E-state index contributed by atoms with van der Waals surface area (Å²) in [5.74, 6) is 0.167. The molecule has 1 unspecified atom stereocenters. The zero-order valence-corrected chi connectivity index (χ0v) is 13.4. The van der Waals surface area contributed by atoms with Crippen LogP contribution in [0.15, 0.2) is 18.2 Å². The number of carbonyl (C=O) groups excluding carboxylic acids is 1. The van der Waals surface area contributed by atoms with E-state index in [0.717, 1.165) is 3.57 Å². The van der Waals surface area contributed by atoms with Gasteiger partial charge in [0, 0.05) is 3.57 Å². The minimum absolute atomic E-state index is 0.0712. The molecule has 5 heteroatoms. The number of hydrogen-bond acceptors (Lipinski definition) is 1. The van der Waals surface area contributed by atoms with Crippen LogP contribution in [0.4, 0.5) is 5.69 Å². The number of anilines is 1. The van der Waals surface area contributed by atoms with Crippen molar-refractivity contribution in [1.82, 2.24) is 0 Å². The molecule has 1 N–H and O–H groups in total. The van der Waals surface area contributed by atoms with Crippen LogP contribution in [-0.4, -0.2) is 10.7 Å². The number of benzene rings is 1. The molecule has 0 saturated heterocycles. The van der Waals surface area contributed by atoms with Crippen molar-refractivity contribution in [2.75, 3.05) is 5.32 Å². The lowest BCUT2D eigenvalue weighted by Gasteiger charge is -2.14. The van der Waals surface area contributed by atoms with E-state index in [4.69, 9.17) is 11.6 Å². The molecule has 0 aliphatic heterocycles. The third kappa shape index (κ3) is 3.89. The molecule has 1 aromatic carbocycles. The van der Waals surface area contributed by atoms with Crippen molar-refractivity contribution in [3.8, 4) is 0 Å². The highest BCUT2D eigenvalue weighted by atomic mass is 127. The maximum absolute atomic E-state index is 11.8. The average molecular weight is 416 g/mol. The Kier molecular flexibility index (Phi) is 5.53. The monoisotopic (exact) mass is 415 g/mol. The number of rotatable bonds is 3. The van der Waals surface area contributed by atoms with Gasteiger partial charge >= 0.3 is 0 Å². The third-order valence-electron chi connectivity index (χ3n) is 2.02. The quantitative estimate of drug-likeness (QED) is 0.578. The molecule has 0 aromatic heterocycles. The Labute approximate surface area is 122 Å². The molecule has 0 saturated carbocycles. The van der Waals surface area contributed by atoms with Crippen LogP contribution in [0.1, 0.15) is 13.8 Å². The summed E-state index contributed by atoms with van der Waals surface area (Å²) in [5.41, 5.74) is 0.650. The van der Waals surface area contributed by atoms with Crippen LogP contribution in [0.5, 0.6) is 0 Å². The van der Waals surface area contributed by atoms with Crippen LogP contribution in [-0.2, 0) is 4.79 Å². The highest BCUT2D eigenvalue weighted by molar-refractivity contribution is 14.1. The number of nitrogens with one attached hydrogen (secondary N) is 1. The standard InChI is InChI=1S/C11H12BrClINO/c1-6(2)10(12)11(16)15-9-4-3-7(14)5-8(9)13/h3-6,10H,1-2H3,(H,15,16). The predicted molar refractivity (Wildman–Crippen MR) is 80.4 cm³/mol. The lowest BCUT2D eigenvalue weighted by molar-refractivity contribution is -0.116. The summed E-state index contributed by atoms with van der Waals surface area (Å²) in [7, 11) is 0. The van der Waals surface area contributed by atoms with Gasteiger partial charge in [-0.3, -0.25) is 4.79 Å². The summed E-state index contributed by atoms with van der Waals surface area (Å²) in [4.78, 5) is 11.6. The van der Waals surface area contributed by atoms with Crippen molar-refractivity contribution in [2.45, 2.75) is 18.7 Å². The number of halogens is 3. The summed E-state index contributed by atoms with van der Waals surface area (Å²) in [6.07, 6.45) is 0. The van der Waals surface area contributed by atoms with Crippen molar-refractivity contribution < 1.29 is 4.79 Å². The normalized spacial score (nSPS) is 12.6. The Balaban J connectivity index is 2.77. The number of alkyl halides is 1. The second kappa shape index (κ2) is 6.21. The number of hydrogen-bond donors (Lipinski definition) is 1. The Morgan fingerprint density at radius 2 is 2.12 bits per heavy atom. The van der Waals surface area contributed by atoms with Crippen LogP contribution in [0.2, 0.25) is 5.02 Å². The highest BCUT2D eigenvalue weighted by Gasteiger charge is 2.19. The van der Waals surface area contributed by atoms with Gasteiger partial charge in [-0.2, -0.15) is 0 Å². The molecule has 1 rings (SSSR count). The van der Waals surface area contributed by atoms with Gasteiger partial charge in [0.15, 0.2) is 0 Å². The zero-order valence-electron chi connectivity index (χ0n) is 8.93. The number of carbonyl (C=O) groups is 1. The van der Waals surface area contributed by atoms with Gasteiger partial charge in [-0.15, -0.1) is 0 Å². The fourth-order valence-electron chi connectivity index (χ4n) is 1.10. The van der Waals surface area contributed by atoms with Gasteiger partial charge in [0.25, 0.3) is 0 Å². The molecule has 0 aliphatic carbocycles. The lowest BCUT2D eigenvalue weighted by atomic mass is 10.1. The Hall–Kier alpha value is 0.190. The second-order valence-corrected chi connectivity index (χ2v) is 6.40. The topological polar surface area (TPSA) is 29.1 Å². The molecular weight excluding hydrogens is 404 g/mol. The SMILES string of the molecule is CC(C)C(Br)C(=O)Nc1ccc(I)cc1Cl. The predicted octanol–water partition coefficient (Wildman–Crippen LogP) is 4.30. The van der Waals surface area contributed by atoms with E-state index in [-0.39, 0.29) is 16.7 Å². The maximum atomic E-state index is 11.8. The lowest BCUT2D eigenvalue weighted by Crippen LogP contribution is -2.27. The fourth-order valence-corrected chi connectivity index (χ4v) is 2.11. The summed E-state index contributed by atoms with van der Waals surface area (Å²) < 4.78 is 1.04. The maximum Gasteiger partial charge on any atom is 0.238 e. The van der Waals surface area contributed by atoms with Crippen LogP contribution in [0, 0.1) is 9.49 Å². The highest BCUT2D eigenvalue weighted by Crippen LogP contribution is 2.25. The average Bonchev–Trinajstić information content (AvgIpc) is 2.20. The van der Waals surface area contributed by atoms with E-state index in [0.29, 0.717) is 10.7 Å². The molecule has 0 bridgehead atoms. The molecule has 1 atom stereocenters. The van der Waals surface area contributed by atoms with Crippen LogP contribution >= 0.6 is 50.1 Å². The number of amides is 1. The minimum Gasteiger partial charge on any atom is -0.324 e. The molecular formula is C11H12BrClINO. The van der Waals surface area contributed by atoms with Crippen molar-refractivity contribution in [1.29, 1.82) is 0 Å². The Bertz CT molecular complexity index is 398.